The Kier molecular flexibility index (Phi) is 7.23. The lowest BCUT2D eigenvalue weighted by molar-refractivity contribution is -0.141. The highest BCUT2D eigenvalue weighted by Crippen LogP contribution is 2.29. The molecule has 0 radical (unpaired) electrons. The fraction of sp³-hybridized carbons (Fsp3) is 0.923. The second kappa shape index (κ2) is 8.45. The lowest BCUT2D eigenvalue weighted by Gasteiger charge is -2.32. The van der Waals surface area contributed by atoms with Crippen molar-refractivity contribution in [3.63, 3.8) is 0 Å². The monoisotopic (exact) mass is 258 g/mol. The number of esters is 1. The van der Waals surface area contributed by atoms with Crippen molar-refractivity contribution < 1.29 is 14.3 Å². The molecule has 0 amide bonds. The Bertz CT molecular complexity index is 248. The van der Waals surface area contributed by atoms with Crippen LogP contribution in [0.5, 0.6) is 0 Å². The van der Waals surface area contributed by atoms with Crippen LogP contribution in [0.1, 0.15) is 25.7 Å². The fourth-order valence-electron chi connectivity index (χ4n) is 2.76. The van der Waals surface area contributed by atoms with Gasteiger partial charge in [-0.1, -0.05) is 6.42 Å². The highest BCUT2D eigenvalue weighted by Gasteiger charge is 2.31. The normalized spacial score (nSPS) is 23.6. The zero-order chi connectivity index (χ0) is 13.4. The van der Waals surface area contributed by atoms with E-state index >= 15 is 0 Å². The van der Waals surface area contributed by atoms with E-state index in [1.54, 1.807) is 7.11 Å². The van der Waals surface area contributed by atoms with Gasteiger partial charge in [0.15, 0.2) is 0 Å². The van der Waals surface area contributed by atoms with Crippen molar-refractivity contribution in [3.05, 3.63) is 0 Å². The Balaban J connectivity index is 2.50. The molecule has 106 valence electrons. The summed E-state index contributed by atoms with van der Waals surface area (Å²) in [6, 6.07) is 0.495. The summed E-state index contributed by atoms with van der Waals surface area (Å²) in [7, 11) is 3.13. The molecule has 0 saturated heterocycles. The molecule has 1 rings (SSSR count). The Morgan fingerprint density at radius 2 is 2.11 bits per heavy atom. The molecule has 0 aliphatic heterocycles. The van der Waals surface area contributed by atoms with Crippen molar-refractivity contribution in [1.82, 2.24) is 4.90 Å². The molecule has 5 heteroatoms. The summed E-state index contributed by atoms with van der Waals surface area (Å²) in [6.07, 6.45) is 4.04. The summed E-state index contributed by atoms with van der Waals surface area (Å²) >= 11 is 0. The zero-order valence-corrected chi connectivity index (χ0v) is 11.6. The summed E-state index contributed by atoms with van der Waals surface area (Å²) in [5.74, 6) is 0.402. The Morgan fingerprint density at radius 3 is 2.72 bits per heavy atom. The van der Waals surface area contributed by atoms with E-state index in [9.17, 15) is 4.79 Å². The van der Waals surface area contributed by atoms with Gasteiger partial charge in [-0.15, -0.1) is 0 Å². The number of rotatable bonds is 8. The van der Waals surface area contributed by atoms with Crippen molar-refractivity contribution in [2.75, 3.05) is 40.5 Å². The summed E-state index contributed by atoms with van der Waals surface area (Å²) < 4.78 is 9.84. The number of methoxy groups -OCH3 is 2. The average Bonchev–Trinajstić information content (AvgIpc) is 2.86. The first-order valence-electron chi connectivity index (χ1n) is 6.72. The van der Waals surface area contributed by atoms with Crippen LogP contribution in [-0.4, -0.2) is 57.4 Å². The molecule has 0 aromatic carbocycles. The van der Waals surface area contributed by atoms with Crippen molar-refractivity contribution in [1.29, 1.82) is 0 Å². The molecular formula is C13H26N2O3. The number of hydrogen-bond acceptors (Lipinski definition) is 5. The van der Waals surface area contributed by atoms with Gasteiger partial charge in [-0.25, -0.2) is 0 Å². The minimum absolute atomic E-state index is 0.153. The number of hydrogen-bond donors (Lipinski definition) is 1. The first-order chi connectivity index (χ1) is 8.72. The largest absolute Gasteiger partial charge is 0.469 e. The second-order valence-corrected chi connectivity index (χ2v) is 4.85. The van der Waals surface area contributed by atoms with Gasteiger partial charge in [0.1, 0.15) is 0 Å². The molecule has 5 nitrogen and oxygen atoms in total. The molecule has 0 aromatic heterocycles. The fourth-order valence-corrected chi connectivity index (χ4v) is 2.76. The van der Waals surface area contributed by atoms with Crippen LogP contribution < -0.4 is 5.73 Å². The first kappa shape index (κ1) is 15.4. The molecule has 2 N–H and O–H groups in total. The van der Waals surface area contributed by atoms with Crippen LogP contribution in [0, 0.1) is 5.92 Å². The van der Waals surface area contributed by atoms with E-state index in [2.05, 4.69) is 4.90 Å². The van der Waals surface area contributed by atoms with E-state index < -0.39 is 0 Å². The van der Waals surface area contributed by atoms with Crippen LogP contribution in [0.15, 0.2) is 0 Å². The van der Waals surface area contributed by atoms with Gasteiger partial charge in [0.25, 0.3) is 0 Å². The van der Waals surface area contributed by atoms with Gasteiger partial charge in [-0.05, 0) is 25.3 Å². The number of carbonyl (C=O) groups is 1. The van der Waals surface area contributed by atoms with E-state index in [4.69, 9.17) is 15.2 Å². The van der Waals surface area contributed by atoms with Crippen LogP contribution in [0.2, 0.25) is 0 Å². The average molecular weight is 258 g/mol. The van der Waals surface area contributed by atoms with E-state index in [1.807, 2.05) is 0 Å². The highest BCUT2D eigenvalue weighted by molar-refractivity contribution is 5.69. The minimum Gasteiger partial charge on any atom is -0.469 e. The number of nitrogens with two attached hydrogens (primary N) is 1. The van der Waals surface area contributed by atoms with Crippen molar-refractivity contribution in [3.8, 4) is 0 Å². The molecule has 1 aliphatic carbocycles. The maximum atomic E-state index is 11.3. The summed E-state index contributed by atoms with van der Waals surface area (Å²) in [5, 5.41) is 0. The SMILES string of the molecule is COCCN(CCC(=O)OC)C1CCCC1CN. The maximum Gasteiger partial charge on any atom is 0.306 e. The first-order valence-corrected chi connectivity index (χ1v) is 6.72. The predicted molar refractivity (Wildman–Crippen MR) is 70.3 cm³/mol. The van der Waals surface area contributed by atoms with E-state index in [0.29, 0.717) is 25.0 Å². The van der Waals surface area contributed by atoms with Crippen molar-refractivity contribution in [2.45, 2.75) is 31.7 Å². The zero-order valence-electron chi connectivity index (χ0n) is 11.6. The lowest BCUT2D eigenvalue weighted by atomic mass is 10.0. The third-order valence-electron chi connectivity index (χ3n) is 3.80. The molecule has 0 spiro atoms. The molecule has 2 atom stereocenters. The summed E-state index contributed by atoms with van der Waals surface area (Å²) in [5.41, 5.74) is 5.82. The van der Waals surface area contributed by atoms with E-state index in [1.165, 1.54) is 26.4 Å². The standard InChI is InChI=1S/C13H26N2O3/c1-17-9-8-15(7-6-13(16)18-2)12-5-3-4-11(12)10-14/h11-12H,3-10,14H2,1-2H3. The molecular weight excluding hydrogens is 232 g/mol. The van der Waals surface area contributed by atoms with Crippen LogP contribution >= 0.6 is 0 Å². The highest BCUT2D eigenvalue weighted by atomic mass is 16.5. The number of nitrogens with zero attached hydrogens (tertiary/aromatic N) is 1. The van der Waals surface area contributed by atoms with Gasteiger partial charge >= 0.3 is 5.97 Å². The predicted octanol–water partition coefficient (Wildman–Crippen LogP) is 0.625. The van der Waals surface area contributed by atoms with Crippen LogP contribution in [0.3, 0.4) is 0 Å². The molecule has 0 heterocycles. The van der Waals surface area contributed by atoms with E-state index in [-0.39, 0.29) is 5.97 Å². The Hall–Kier alpha value is -0.650. The molecule has 0 bridgehead atoms. The number of ether oxygens (including phenoxy) is 2. The topological polar surface area (TPSA) is 64.8 Å². The Morgan fingerprint density at radius 1 is 1.33 bits per heavy atom. The Labute approximate surface area is 110 Å². The quantitative estimate of drug-likeness (QED) is 0.647. The minimum atomic E-state index is -0.153. The summed E-state index contributed by atoms with van der Waals surface area (Å²) in [6.45, 7) is 3.01. The third kappa shape index (κ3) is 4.55. The molecule has 1 saturated carbocycles. The van der Waals surface area contributed by atoms with Crippen molar-refractivity contribution in [2.24, 2.45) is 11.7 Å². The van der Waals surface area contributed by atoms with Gasteiger partial charge < -0.3 is 15.2 Å². The second-order valence-electron chi connectivity index (χ2n) is 4.85. The third-order valence-corrected chi connectivity index (χ3v) is 3.80. The molecule has 2 unspecified atom stereocenters. The van der Waals surface area contributed by atoms with Gasteiger partial charge in [0.05, 0.1) is 20.1 Å². The van der Waals surface area contributed by atoms with Gasteiger partial charge in [-0.3, -0.25) is 9.69 Å². The van der Waals surface area contributed by atoms with Crippen LogP contribution in [0.25, 0.3) is 0 Å². The molecule has 1 aliphatic rings. The van der Waals surface area contributed by atoms with E-state index in [0.717, 1.165) is 19.6 Å². The van der Waals surface area contributed by atoms with Crippen LogP contribution in [-0.2, 0) is 14.3 Å². The summed E-state index contributed by atoms with van der Waals surface area (Å²) in [4.78, 5) is 13.6. The van der Waals surface area contributed by atoms with Crippen molar-refractivity contribution >= 4 is 5.97 Å². The van der Waals surface area contributed by atoms with Crippen LogP contribution in [0.4, 0.5) is 0 Å². The molecule has 0 aromatic rings. The lowest BCUT2D eigenvalue weighted by Crippen LogP contribution is -2.43. The molecule has 18 heavy (non-hydrogen) atoms. The number of carbonyl (C=O) groups excluding carboxylic acids is 1. The van der Waals surface area contributed by atoms with Gasteiger partial charge in [-0.2, -0.15) is 0 Å². The van der Waals surface area contributed by atoms with Gasteiger partial charge in [0.2, 0.25) is 0 Å². The molecule has 1 fully saturated rings. The maximum absolute atomic E-state index is 11.3. The van der Waals surface area contributed by atoms with Gasteiger partial charge in [0, 0.05) is 26.2 Å². The smallest absolute Gasteiger partial charge is 0.306 e.